The average Bonchev–Trinajstić information content (AvgIpc) is 3.11. The molecule has 0 unspecified atom stereocenters. The fourth-order valence-corrected chi connectivity index (χ4v) is 1.76. The summed E-state index contributed by atoms with van der Waals surface area (Å²) in [6, 6.07) is 7.33. The van der Waals surface area contributed by atoms with Gasteiger partial charge in [0.1, 0.15) is 18.6 Å². The Balaban J connectivity index is 1.89. The van der Waals surface area contributed by atoms with Gasteiger partial charge in [-0.05, 0) is 12.1 Å². The Morgan fingerprint density at radius 3 is 2.94 bits per heavy atom. The first-order valence-corrected chi connectivity index (χ1v) is 5.21. The first-order chi connectivity index (χ1) is 7.84. The number of hydrogen-bond donors (Lipinski definition) is 0. The second kappa shape index (κ2) is 3.56. The molecule has 0 saturated heterocycles. The molecule has 2 aliphatic heterocycles. The molecular formula is C12H11NO3. The molecule has 0 spiro atoms. The largest absolute Gasteiger partial charge is 0.491 e. The van der Waals surface area contributed by atoms with Gasteiger partial charge in [0, 0.05) is 0 Å². The van der Waals surface area contributed by atoms with E-state index < -0.39 is 0 Å². The van der Waals surface area contributed by atoms with E-state index in [1.165, 1.54) is 0 Å². The van der Waals surface area contributed by atoms with Gasteiger partial charge in [-0.15, -0.1) is 0 Å². The fraction of sp³-hybridized carbons (Fsp3) is 0.250. The van der Waals surface area contributed by atoms with Crippen LogP contribution in [0.4, 0.5) is 0 Å². The number of fused-ring (bicyclic) bond motifs is 1. The van der Waals surface area contributed by atoms with Gasteiger partial charge in [0.25, 0.3) is 5.91 Å². The third kappa shape index (κ3) is 1.62. The van der Waals surface area contributed by atoms with Crippen LogP contribution in [-0.2, 0) is 4.74 Å². The summed E-state index contributed by atoms with van der Waals surface area (Å²) in [6.07, 6.45) is 1.66. The molecule has 4 heteroatoms. The predicted octanol–water partition coefficient (Wildman–Crippen LogP) is 1.39. The van der Waals surface area contributed by atoms with Crippen LogP contribution in [0.3, 0.4) is 0 Å². The minimum absolute atomic E-state index is 0.00417. The maximum atomic E-state index is 12.2. The van der Waals surface area contributed by atoms with Gasteiger partial charge < -0.3 is 14.4 Å². The molecule has 0 N–H and O–H groups in total. The monoisotopic (exact) mass is 217 g/mol. The Hall–Kier alpha value is -1.97. The van der Waals surface area contributed by atoms with E-state index in [9.17, 15) is 4.79 Å². The summed E-state index contributed by atoms with van der Waals surface area (Å²) >= 11 is 0. The van der Waals surface area contributed by atoms with Crippen molar-refractivity contribution >= 4 is 5.91 Å². The van der Waals surface area contributed by atoms with E-state index in [0.29, 0.717) is 31.0 Å². The van der Waals surface area contributed by atoms with Gasteiger partial charge in [0.15, 0.2) is 5.76 Å². The van der Waals surface area contributed by atoms with Crippen LogP contribution in [0.1, 0.15) is 10.4 Å². The number of nitrogens with zero attached hydrogens (tertiary/aromatic N) is 1. The van der Waals surface area contributed by atoms with Crippen LogP contribution >= 0.6 is 0 Å². The highest BCUT2D eigenvalue weighted by molar-refractivity contribution is 5.97. The van der Waals surface area contributed by atoms with E-state index in [0.717, 1.165) is 5.76 Å². The predicted molar refractivity (Wildman–Crippen MR) is 57.0 cm³/mol. The molecule has 82 valence electrons. The number of benzene rings is 1. The van der Waals surface area contributed by atoms with Gasteiger partial charge >= 0.3 is 0 Å². The van der Waals surface area contributed by atoms with Crippen LogP contribution in [0.5, 0.6) is 5.75 Å². The van der Waals surface area contributed by atoms with Crippen molar-refractivity contribution in [1.29, 1.82) is 0 Å². The maximum absolute atomic E-state index is 12.2. The van der Waals surface area contributed by atoms with Crippen molar-refractivity contribution in [2.75, 3.05) is 19.7 Å². The maximum Gasteiger partial charge on any atom is 0.258 e. The summed E-state index contributed by atoms with van der Waals surface area (Å²) in [4.78, 5) is 13.9. The average molecular weight is 217 g/mol. The second-order valence-corrected chi connectivity index (χ2v) is 3.77. The zero-order valence-electron chi connectivity index (χ0n) is 8.68. The van der Waals surface area contributed by atoms with Gasteiger partial charge in [0.05, 0.1) is 18.7 Å². The van der Waals surface area contributed by atoms with Crippen molar-refractivity contribution in [2.45, 2.75) is 0 Å². The Morgan fingerprint density at radius 1 is 1.31 bits per heavy atom. The topological polar surface area (TPSA) is 42.1 Å². The SMILES string of the molecule is O=C1c2ccccc2OCCN1CC1=CO1. The molecule has 1 amide bonds. The summed E-state index contributed by atoms with van der Waals surface area (Å²) in [5.41, 5.74) is 0.626. The Kier molecular flexibility index (Phi) is 2.06. The van der Waals surface area contributed by atoms with Gasteiger partial charge in [0.2, 0.25) is 0 Å². The molecule has 4 nitrogen and oxygen atoms in total. The van der Waals surface area contributed by atoms with Crippen LogP contribution in [-0.4, -0.2) is 30.5 Å². The van der Waals surface area contributed by atoms with E-state index in [2.05, 4.69) is 0 Å². The van der Waals surface area contributed by atoms with Gasteiger partial charge in [-0.3, -0.25) is 4.79 Å². The third-order valence-electron chi connectivity index (χ3n) is 2.65. The number of carbonyl (C=O) groups is 1. The minimum atomic E-state index is 0.00417. The number of rotatable bonds is 2. The Morgan fingerprint density at radius 2 is 2.12 bits per heavy atom. The number of carbonyl (C=O) groups excluding carboxylic acids is 1. The van der Waals surface area contributed by atoms with E-state index in [-0.39, 0.29) is 5.91 Å². The van der Waals surface area contributed by atoms with E-state index in [1.54, 1.807) is 17.2 Å². The van der Waals surface area contributed by atoms with E-state index in [4.69, 9.17) is 9.47 Å². The molecule has 1 aromatic carbocycles. The summed E-state index contributed by atoms with van der Waals surface area (Å²) in [7, 11) is 0. The fourth-order valence-electron chi connectivity index (χ4n) is 1.76. The quantitative estimate of drug-likeness (QED) is 0.751. The smallest absolute Gasteiger partial charge is 0.258 e. The lowest BCUT2D eigenvalue weighted by Gasteiger charge is -2.16. The van der Waals surface area contributed by atoms with Crippen LogP contribution in [0.25, 0.3) is 0 Å². The lowest BCUT2D eigenvalue weighted by Crippen LogP contribution is -2.33. The van der Waals surface area contributed by atoms with Crippen molar-refractivity contribution in [3.63, 3.8) is 0 Å². The Labute approximate surface area is 93.1 Å². The van der Waals surface area contributed by atoms with Gasteiger partial charge in [-0.2, -0.15) is 0 Å². The third-order valence-corrected chi connectivity index (χ3v) is 2.65. The summed E-state index contributed by atoms with van der Waals surface area (Å²) in [5.74, 6) is 1.53. The normalized spacial score (nSPS) is 17.9. The van der Waals surface area contributed by atoms with Gasteiger partial charge in [-0.1, -0.05) is 12.1 Å². The Bertz CT molecular complexity index is 467. The molecule has 0 fully saturated rings. The molecule has 3 rings (SSSR count). The number of hydrogen-bond acceptors (Lipinski definition) is 3. The lowest BCUT2D eigenvalue weighted by atomic mass is 10.2. The van der Waals surface area contributed by atoms with Crippen LogP contribution < -0.4 is 4.74 Å². The summed E-state index contributed by atoms with van der Waals surface area (Å²) in [6.45, 7) is 1.65. The molecule has 2 heterocycles. The molecule has 0 saturated carbocycles. The molecule has 16 heavy (non-hydrogen) atoms. The molecule has 2 aliphatic rings. The van der Waals surface area contributed by atoms with Crippen molar-refractivity contribution < 1.29 is 14.3 Å². The van der Waals surface area contributed by atoms with Crippen molar-refractivity contribution in [3.8, 4) is 5.75 Å². The second-order valence-electron chi connectivity index (χ2n) is 3.77. The molecule has 0 aliphatic carbocycles. The highest BCUT2D eigenvalue weighted by atomic mass is 16.5. The van der Waals surface area contributed by atoms with Crippen molar-refractivity contribution in [3.05, 3.63) is 41.9 Å². The minimum Gasteiger partial charge on any atom is -0.491 e. The van der Waals surface area contributed by atoms with Gasteiger partial charge in [-0.25, -0.2) is 0 Å². The standard InChI is InChI=1S/C12H11NO3/c14-12-10-3-1-2-4-11(10)15-6-5-13(12)7-9-8-16-9/h1-4,8H,5-7H2. The molecule has 1 aromatic rings. The number of amides is 1. The molecule has 0 atom stereocenters. The van der Waals surface area contributed by atoms with Crippen molar-refractivity contribution in [1.82, 2.24) is 4.90 Å². The molecule has 0 radical (unpaired) electrons. The number of para-hydroxylation sites is 1. The lowest BCUT2D eigenvalue weighted by molar-refractivity contribution is 0.0764. The summed E-state index contributed by atoms with van der Waals surface area (Å²) < 4.78 is 10.5. The van der Waals surface area contributed by atoms with Crippen molar-refractivity contribution in [2.24, 2.45) is 0 Å². The van der Waals surface area contributed by atoms with E-state index >= 15 is 0 Å². The first-order valence-electron chi connectivity index (χ1n) is 5.21. The zero-order chi connectivity index (χ0) is 11.0. The zero-order valence-corrected chi connectivity index (χ0v) is 8.68. The first kappa shape index (κ1) is 9.27. The van der Waals surface area contributed by atoms with Crippen LogP contribution in [0, 0.1) is 0 Å². The summed E-state index contributed by atoms with van der Waals surface area (Å²) in [5, 5.41) is 0. The highest BCUT2D eigenvalue weighted by Gasteiger charge is 2.26. The van der Waals surface area contributed by atoms with Crippen LogP contribution in [0.15, 0.2) is 36.3 Å². The molecule has 0 bridgehead atoms. The number of ether oxygens (including phenoxy) is 2. The highest BCUT2D eigenvalue weighted by Crippen LogP contribution is 2.24. The van der Waals surface area contributed by atoms with Crippen LogP contribution in [0.2, 0.25) is 0 Å². The molecular weight excluding hydrogens is 206 g/mol. The van der Waals surface area contributed by atoms with E-state index in [1.807, 2.05) is 18.2 Å². The molecule has 0 aromatic heterocycles.